The Morgan fingerprint density at radius 3 is 2.43 bits per heavy atom. The Labute approximate surface area is 86.3 Å². The van der Waals surface area contributed by atoms with Gasteiger partial charge in [0.2, 0.25) is 0 Å². The van der Waals surface area contributed by atoms with Crippen molar-refractivity contribution in [2.75, 3.05) is 0 Å². The van der Waals surface area contributed by atoms with Crippen molar-refractivity contribution in [3.63, 3.8) is 0 Å². The third-order valence-electron chi connectivity index (χ3n) is 2.43. The molecule has 0 fully saturated rings. The van der Waals surface area contributed by atoms with Gasteiger partial charge in [0.25, 0.3) is 0 Å². The molecule has 0 spiro atoms. The summed E-state index contributed by atoms with van der Waals surface area (Å²) in [5.41, 5.74) is 5.65. The zero-order valence-corrected chi connectivity index (χ0v) is 9.54. The van der Waals surface area contributed by atoms with Gasteiger partial charge in [-0.05, 0) is 27.2 Å². The second kappa shape index (κ2) is 5.15. The van der Waals surface area contributed by atoms with E-state index in [0.717, 1.165) is 6.42 Å². The molecule has 3 heteroatoms. The Balaban J connectivity index is 4.39. The number of carbonyl (C=O) groups excluding carboxylic acids is 1. The van der Waals surface area contributed by atoms with E-state index in [-0.39, 0.29) is 23.5 Å². The number of carbonyl (C=O) groups is 1. The van der Waals surface area contributed by atoms with Gasteiger partial charge in [0.1, 0.15) is 6.10 Å². The molecule has 0 amide bonds. The van der Waals surface area contributed by atoms with Crippen LogP contribution in [0.25, 0.3) is 0 Å². The van der Waals surface area contributed by atoms with E-state index in [1.54, 1.807) is 0 Å². The lowest BCUT2D eigenvalue weighted by molar-refractivity contribution is -0.145. The first kappa shape index (κ1) is 13.2. The second-order valence-corrected chi connectivity index (χ2v) is 4.18. The van der Waals surface area contributed by atoms with Crippen LogP contribution in [0.3, 0.4) is 0 Å². The topological polar surface area (TPSA) is 52.3 Å². The molecular weight excluding hydrogens is 178 g/mol. The molecule has 2 N–H and O–H groups in total. The maximum atomic E-state index is 11.0. The summed E-state index contributed by atoms with van der Waals surface area (Å²) in [5.74, 6) is -0.230. The van der Waals surface area contributed by atoms with E-state index in [1.165, 1.54) is 6.08 Å². The third kappa shape index (κ3) is 3.92. The van der Waals surface area contributed by atoms with E-state index in [2.05, 4.69) is 6.58 Å². The van der Waals surface area contributed by atoms with Gasteiger partial charge in [-0.1, -0.05) is 13.5 Å². The predicted octanol–water partition coefficient (Wildman–Crippen LogP) is 1.87. The minimum Gasteiger partial charge on any atom is -0.459 e. The summed E-state index contributed by atoms with van der Waals surface area (Å²) in [6.07, 6.45) is 1.88. The quantitative estimate of drug-likeness (QED) is 0.543. The summed E-state index contributed by atoms with van der Waals surface area (Å²) in [5, 5.41) is 0. The summed E-state index contributed by atoms with van der Waals surface area (Å²) in [4.78, 5) is 11.0. The van der Waals surface area contributed by atoms with Crippen LogP contribution in [0, 0.1) is 5.92 Å². The van der Waals surface area contributed by atoms with E-state index in [4.69, 9.17) is 10.5 Å². The van der Waals surface area contributed by atoms with Gasteiger partial charge in [0.05, 0.1) is 0 Å². The molecule has 0 radical (unpaired) electrons. The lowest BCUT2D eigenvalue weighted by Gasteiger charge is -2.33. The summed E-state index contributed by atoms with van der Waals surface area (Å²) in [6, 6.07) is 0. The van der Waals surface area contributed by atoms with Gasteiger partial charge >= 0.3 is 5.97 Å². The van der Waals surface area contributed by atoms with Gasteiger partial charge in [0, 0.05) is 17.5 Å². The Hall–Kier alpha value is -0.830. The molecule has 0 saturated heterocycles. The van der Waals surface area contributed by atoms with E-state index >= 15 is 0 Å². The van der Waals surface area contributed by atoms with Crippen molar-refractivity contribution in [1.29, 1.82) is 0 Å². The molecule has 0 heterocycles. The second-order valence-electron chi connectivity index (χ2n) is 4.18. The van der Waals surface area contributed by atoms with Crippen molar-refractivity contribution in [1.82, 2.24) is 0 Å². The Bertz CT molecular complexity index is 206. The SMILES string of the molecule is C=CC(=O)OC(C)C(CC)C(C)(C)N. The van der Waals surface area contributed by atoms with Gasteiger partial charge in [0.15, 0.2) is 0 Å². The largest absolute Gasteiger partial charge is 0.459 e. The monoisotopic (exact) mass is 199 g/mol. The summed E-state index contributed by atoms with van der Waals surface area (Å²) < 4.78 is 5.14. The summed E-state index contributed by atoms with van der Waals surface area (Å²) in [6.45, 7) is 11.1. The highest BCUT2D eigenvalue weighted by Gasteiger charge is 2.30. The van der Waals surface area contributed by atoms with Gasteiger partial charge < -0.3 is 10.5 Å². The maximum absolute atomic E-state index is 11.0. The van der Waals surface area contributed by atoms with Gasteiger partial charge in [-0.3, -0.25) is 0 Å². The zero-order chi connectivity index (χ0) is 11.4. The van der Waals surface area contributed by atoms with E-state index < -0.39 is 0 Å². The highest BCUT2D eigenvalue weighted by Crippen LogP contribution is 2.23. The molecule has 0 aliphatic carbocycles. The Kier molecular flexibility index (Phi) is 4.85. The molecule has 0 aromatic heterocycles. The minimum atomic E-state index is -0.389. The normalized spacial score (nSPS) is 15.8. The van der Waals surface area contributed by atoms with Crippen LogP contribution in [0.1, 0.15) is 34.1 Å². The number of hydrogen-bond acceptors (Lipinski definition) is 3. The van der Waals surface area contributed by atoms with Crippen LogP contribution in [0.15, 0.2) is 12.7 Å². The molecule has 0 saturated carbocycles. The van der Waals surface area contributed by atoms with Crippen LogP contribution in [0.5, 0.6) is 0 Å². The van der Waals surface area contributed by atoms with Crippen molar-refractivity contribution >= 4 is 5.97 Å². The first-order chi connectivity index (χ1) is 6.32. The van der Waals surface area contributed by atoms with Crippen LogP contribution in [-0.4, -0.2) is 17.6 Å². The van der Waals surface area contributed by atoms with Crippen molar-refractivity contribution in [2.24, 2.45) is 11.7 Å². The fraction of sp³-hybridized carbons (Fsp3) is 0.727. The standard InChI is InChI=1S/C11H21NO2/c1-6-9(11(4,5)12)8(3)14-10(13)7-2/h7-9H,2,6,12H2,1,3-5H3. The first-order valence-electron chi connectivity index (χ1n) is 4.94. The maximum Gasteiger partial charge on any atom is 0.330 e. The third-order valence-corrected chi connectivity index (χ3v) is 2.43. The molecule has 0 rings (SSSR count). The van der Waals surface area contributed by atoms with Gasteiger partial charge in [-0.25, -0.2) is 4.79 Å². The number of rotatable bonds is 5. The van der Waals surface area contributed by atoms with E-state index in [9.17, 15) is 4.79 Å². The van der Waals surface area contributed by atoms with E-state index in [0.29, 0.717) is 0 Å². The van der Waals surface area contributed by atoms with Crippen LogP contribution in [-0.2, 0) is 9.53 Å². The molecule has 0 bridgehead atoms. The average molecular weight is 199 g/mol. The Morgan fingerprint density at radius 1 is 1.64 bits per heavy atom. The van der Waals surface area contributed by atoms with Crippen LogP contribution in [0.4, 0.5) is 0 Å². The number of nitrogens with two attached hydrogens (primary N) is 1. The van der Waals surface area contributed by atoms with Crippen molar-refractivity contribution < 1.29 is 9.53 Å². The molecule has 2 unspecified atom stereocenters. The summed E-state index contributed by atoms with van der Waals surface area (Å²) >= 11 is 0. The molecule has 0 aromatic carbocycles. The van der Waals surface area contributed by atoms with Crippen LogP contribution < -0.4 is 5.73 Å². The molecule has 0 aliphatic rings. The molecule has 82 valence electrons. The molecule has 14 heavy (non-hydrogen) atoms. The smallest absolute Gasteiger partial charge is 0.330 e. The average Bonchev–Trinajstić information content (AvgIpc) is 2.02. The molecule has 2 atom stereocenters. The van der Waals surface area contributed by atoms with Gasteiger partial charge in [-0.2, -0.15) is 0 Å². The number of ether oxygens (including phenoxy) is 1. The highest BCUT2D eigenvalue weighted by atomic mass is 16.5. The number of hydrogen-bond donors (Lipinski definition) is 1. The Morgan fingerprint density at radius 2 is 2.14 bits per heavy atom. The first-order valence-corrected chi connectivity index (χ1v) is 4.94. The van der Waals surface area contributed by atoms with Crippen molar-refractivity contribution in [3.05, 3.63) is 12.7 Å². The van der Waals surface area contributed by atoms with Gasteiger partial charge in [-0.15, -0.1) is 0 Å². The molecule has 0 aliphatic heterocycles. The lowest BCUT2D eigenvalue weighted by Crippen LogP contribution is -2.46. The fourth-order valence-corrected chi connectivity index (χ4v) is 1.78. The molecular formula is C11H21NO2. The van der Waals surface area contributed by atoms with Crippen molar-refractivity contribution in [3.8, 4) is 0 Å². The molecule has 0 aromatic rings. The fourth-order valence-electron chi connectivity index (χ4n) is 1.78. The van der Waals surface area contributed by atoms with Crippen LogP contribution >= 0.6 is 0 Å². The van der Waals surface area contributed by atoms with Crippen LogP contribution in [0.2, 0.25) is 0 Å². The lowest BCUT2D eigenvalue weighted by atomic mass is 9.82. The highest BCUT2D eigenvalue weighted by molar-refractivity contribution is 5.81. The van der Waals surface area contributed by atoms with E-state index in [1.807, 2.05) is 27.7 Å². The summed E-state index contributed by atoms with van der Waals surface area (Å²) in [7, 11) is 0. The number of esters is 1. The predicted molar refractivity (Wildman–Crippen MR) is 57.8 cm³/mol. The minimum absolute atomic E-state index is 0.159. The van der Waals surface area contributed by atoms with Crippen molar-refractivity contribution in [2.45, 2.75) is 45.8 Å². The zero-order valence-electron chi connectivity index (χ0n) is 9.54. The molecule has 3 nitrogen and oxygen atoms in total.